The molecule has 1 aromatic rings. The molecule has 0 spiro atoms. The first-order valence-electron chi connectivity index (χ1n) is 7.75. The second-order valence-corrected chi connectivity index (χ2v) is 6.67. The van der Waals surface area contributed by atoms with Gasteiger partial charge in [0.05, 0.1) is 17.3 Å². The maximum Gasteiger partial charge on any atom is 0.317 e. The molecular weight excluding hydrogens is 300 g/mol. The summed E-state index contributed by atoms with van der Waals surface area (Å²) in [6.45, 7) is 8.93. The van der Waals surface area contributed by atoms with Crippen LogP contribution in [-0.2, 0) is 11.3 Å². The molecule has 6 nitrogen and oxygen atoms in total. The standard InChI is InChI=1S/C15H26N4O2S/c1-12(2)14(21-3)8-16-15(20)19-6-4-18(5-7-19)9-13-10-22-11-17-13/h10-12,14H,4-9H2,1-3H3,(H,16,20). The van der Waals surface area contributed by atoms with Gasteiger partial charge in [0.2, 0.25) is 0 Å². The van der Waals surface area contributed by atoms with Crippen molar-refractivity contribution in [1.29, 1.82) is 0 Å². The zero-order valence-electron chi connectivity index (χ0n) is 13.6. The van der Waals surface area contributed by atoms with Crippen LogP contribution in [0.25, 0.3) is 0 Å². The Morgan fingerprint density at radius 3 is 2.68 bits per heavy atom. The fourth-order valence-electron chi connectivity index (χ4n) is 2.54. The highest BCUT2D eigenvalue weighted by Crippen LogP contribution is 2.09. The highest BCUT2D eigenvalue weighted by atomic mass is 32.1. The number of rotatable bonds is 6. The van der Waals surface area contributed by atoms with Crippen LogP contribution in [0.15, 0.2) is 10.9 Å². The number of carbonyl (C=O) groups excluding carboxylic acids is 1. The van der Waals surface area contributed by atoms with Crippen molar-refractivity contribution in [3.05, 3.63) is 16.6 Å². The molecule has 0 aliphatic carbocycles. The van der Waals surface area contributed by atoms with Crippen molar-refractivity contribution in [2.45, 2.75) is 26.5 Å². The van der Waals surface area contributed by atoms with Crippen molar-refractivity contribution in [3.8, 4) is 0 Å². The molecule has 2 heterocycles. The summed E-state index contributed by atoms with van der Waals surface area (Å²) in [5.74, 6) is 0.389. The third-order valence-corrected chi connectivity index (χ3v) is 4.66. The topological polar surface area (TPSA) is 57.7 Å². The van der Waals surface area contributed by atoms with Crippen LogP contribution in [0.2, 0.25) is 0 Å². The SMILES string of the molecule is COC(CNC(=O)N1CCN(Cc2cscn2)CC1)C(C)C. The summed E-state index contributed by atoms with van der Waals surface area (Å²) in [5.41, 5.74) is 2.97. The molecule has 1 fully saturated rings. The molecule has 22 heavy (non-hydrogen) atoms. The number of carbonyl (C=O) groups is 1. The number of aromatic nitrogens is 1. The number of nitrogens with zero attached hydrogens (tertiary/aromatic N) is 3. The Hall–Kier alpha value is -1.18. The molecule has 2 rings (SSSR count). The molecule has 1 N–H and O–H groups in total. The lowest BCUT2D eigenvalue weighted by Gasteiger charge is -2.34. The monoisotopic (exact) mass is 326 g/mol. The van der Waals surface area contributed by atoms with Crippen molar-refractivity contribution in [2.75, 3.05) is 39.8 Å². The van der Waals surface area contributed by atoms with E-state index in [1.165, 1.54) is 0 Å². The molecule has 0 aromatic carbocycles. The minimum Gasteiger partial charge on any atom is -0.379 e. The predicted octanol–water partition coefficient (Wildman–Crippen LogP) is 1.64. The van der Waals surface area contributed by atoms with Crippen LogP contribution >= 0.6 is 11.3 Å². The smallest absolute Gasteiger partial charge is 0.317 e. The molecule has 0 radical (unpaired) electrons. The molecular formula is C15H26N4O2S. The van der Waals surface area contributed by atoms with E-state index in [4.69, 9.17) is 4.74 Å². The van der Waals surface area contributed by atoms with E-state index in [-0.39, 0.29) is 12.1 Å². The molecule has 1 aliphatic heterocycles. The van der Waals surface area contributed by atoms with Gasteiger partial charge in [0, 0.05) is 51.8 Å². The lowest BCUT2D eigenvalue weighted by Crippen LogP contribution is -2.52. The lowest BCUT2D eigenvalue weighted by molar-refractivity contribution is 0.0638. The van der Waals surface area contributed by atoms with Gasteiger partial charge in [0.15, 0.2) is 0 Å². The van der Waals surface area contributed by atoms with Crippen molar-refractivity contribution in [3.63, 3.8) is 0 Å². The van der Waals surface area contributed by atoms with E-state index in [1.807, 2.05) is 10.4 Å². The summed E-state index contributed by atoms with van der Waals surface area (Å²) in [6, 6.07) is 0.0102. The summed E-state index contributed by atoms with van der Waals surface area (Å²) in [4.78, 5) is 20.7. The van der Waals surface area contributed by atoms with Gasteiger partial charge >= 0.3 is 6.03 Å². The number of hydrogen-bond donors (Lipinski definition) is 1. The fraction of sp³-hybridized carbons (Fsp3) is 0.733. The van der Waals surface area contributed by atoms with Gasteiger partial charge < -0.3 is 15.0 Å². The maximum absolute atomic E-state index is 12.2. The van der Waals surface area contributed by atoms with E-state index in [2.05, 4.69) is 34.4 Å². The Kier molecular flexibility index (Phi) is 6.60. The highest BCUT2D eigenvalue weighted by Gasteiger charge is 2.22. The Morgan fingerprint density at radius 1 is 1.41 bits per heavy atom. The largest absolute Gasteiger partial charge is 0.379 e. The van der Waals surface area contributed by atoms with Crippen molar-refractivity contribution in [2.24, 2.45) is 5.92 Å². The van der Waals surface area contributed by atoms with Gasteiger partial charge in [0.25, 0.3) is 0 Å². The first kappa shape index (κ1) is 17.2. The van der Waals surface area contributed by atoms with Crippen LogP contribution in [0.5, 0.6) is 0 Å². The molecule has 2 amide bonds. The molecule has 7 heteroatoms. The quantitative estimate of drug-likeness (QED) is 0.863. The summed E-state index contributed by atoms with van der Waals surface area (Å²) in [7, 11) is 1.69. The maximum atomic E-state index is 12.2. The van der Waals surface area contributed by atoms with Crippen LogP contribution in [0, 0.1) is 5.92 Å². The van der Waals surface area contributed by atoms with Gasteiger partial charge in [-0.1, -0.05) is 13.8 Å². The normalized spacial score (nSPS) is 17.7. The van der Waals surface area contributed by atoms with E-state index in [1.54, 1.807) is 18.4 Å². The first-order valence-corrected chi connectivity index (χ1v) is 8.69. The molecule has 0 saturated carbocycles. The van der Waals surface area contributed by atoms with Gasteiger partial charge in [-0.15, -0.1) is 11.3 Å². The number of nitrogens with one attached hydrogen (secondary N) is 1. The molecule has 0 bridgehead atoms. The minimum atomic E-state index is 0.0102. The number of urea groups is 1. The van der Waals surface area contributed by atoms with Gasteiger partial charge in [-0.25, -0.2) is 9.78 Å². The third kappa shape index (κ3) is 4.93. The molecule has 1 aromatic heterocycles. The van der Waals surface area contributed by atoms with Gasteiger partial charge in [-0.2, -0.15) is 0 Å². The van der Waals surface area contributed by atoms with Crippen LogP contribution < -0.4 is 5.32 Å². The van der Waals surface area contributed by atoms with Crippen LogP contribution in [0.1, 0.15) is 19.5 Å². The number of hydrogen-bond acceptors (Lipinski definition) is 5. The van der Waals surface area contributed by atoms with Gasteiger partial charge in [-0.05, 0) is 5.92 Å². The number of ether oxygens (including phenoxy) is 1. The Morgan fingerprint density at radius 2 is 2.14 bits per heavy atom. The van der Waals surface area contributed by atoms with Gasteiger partial charge in [-0.3, -0.25) is 4.90 Å². The average Bonchev–Trinajstić information content (AvgIpc) is 3.01. The summed E-state index contributed by atoms with van der Waals surface area (Å²) < 4.78 is 5.38. The van der Waals surface area contributed by atoms with Crippen molar-refractivity contribution < 1.29 is 9.53 Å². The van der Waals surface area contributed by atoms with Crippen LogP contribution in [-0.4, -0.2) is 66.8 Å². The summed E-state index contributed by atoms with van der Waals surface area (Å²) in [6.07, 6.45) is 0.0647. The Labute approximate surface area is 136 Å². The predicted molar refractivity (Wildman–Crippen MR) is 88.0 cm³/mol. The van der Waals surface area contributed by atoms with E-state index in [9.17, 15) is 4.79 Å². The van der Waals surface area contributed by atoms with Crippen LogP contribution in [0.4, 0.5) is 4.79 Å². The Balaban J connectivity index is 1.70. The zero-order valence-corrected chi connectivity index (χ0v) is 14.4. The van der Waals surface area contributed by atoms with Crippen LogP contribution in [0.3, 0.4) is 0 Å². The molecule has 124 valence electrons. The molecule has 1 aliphatic rings. The lowest BCUT2D eigenvalue weighted by atomic mass is 10.1. The first-order chi connectivity index (χ1) is 10.6. The van der Waals surface area contributed by atoms with E-state index in [0.717, 1.165) is 38.4 Å². The second kappa shape index (κ2) is 8.45. The summed E-state index contributed by atoms with van der Waals surface area (Å²) >= 11 is 1.62. The van der Waals surface area contributed by atoms with Gasteiger partial charge in [0.1, 0.15) is 0 Å². The zero-order chi connectivity index (χ0) is 15.9. The van der Waals surface area contributed by atoms with E-state index in [0.29, 0.717) is 12.5 Å². The summed E-state index contributed by atoms with van der Waals surface area (Å²) in [5, 5.41) is 5.06. The average molecular weight is 326 g/mol. The number of amides is 2. The fourth-order valence-corrected chi connectivity index (χ4v) is 3.09. The van der Waals surface area contributed by atoms with E-state index < -0.39 is 0 Å². The van der Waals surface area contributed by atoms with Crippen molar-refractivity contribution in [1.82, 2.24) is 20.1 Å². The number of thiazole rings is 1. The minimum absolute atomic E-state index is 0.0102. The third-order valence-electron chi connectivity index (χ3n) is 4.03. The second-order valence-electron chi connectivity index (χ2n) is 5.95. The van der Waals surface area contributed by atoms with E-state index >= 15 is 0 Å². The number of methoxy groups -OCH3 is 1. The highest BCUT2D eigenvalue weighted by molar-refractivity contribution is 7.07. The Bertz CT molecular complexity index is 444. The van der Waals surface area contributed by atoms with Crippen molar-refractivity contribution >= 4 is 17.4 Å². The molecule has 1 atom stereocenters. The molecule has 1 unspecified atom stereocenters. The molecule has 1 saturated heterocycles. The number of piperazine rings is 1.